The van der Waals surface area contributed by atoms with E-state index in [-0.39, 0.29) is 12.0 Å². The lowest BCUT2D eigenvalue weighted by atomic mass is 9.89. The maximum absolute atomic E-state index is 5.88. The second kappa shape index (κ2) is 6.53. The summed E-state index contributed by atoms with van der Waals surface area (Å²) in [6, 6.07) is 11.6. The number of hydrogen-bond donors (Lipinski definition) is 0. The lowest BCUT2D eigenvalue weighted by molar-refractivity contribution is 0.0974. The summed E-state index contributed by atoms with van der Waals surface area (Å²) in [5.74, 6) is 2.35. The Balaban J connectivity index is 1.26. The Morgan fingerprint density at radius 3 is 2.77 bits per heavy atom. The van der Waals surface area contributed by atoms with E-state index in [4.69, 9.17) is 14.0 Å². The molecule has 0 unspecified atom stereocenters. The summed E-state index contributed by atoms with van der Waals surface area (Å²) in [4.78, 5) is 8.68. The fourth-order valence-electron chi connectivity index (χ4n) is 3.75. The number of aromatic nitrogens is 3. The van der Waals surface area contributed by atoms with Crippen molar-refractivity contribution in [1.29, 1.82) is 0 Å². The normalized spacial score (nSPS) is 24.1. The standard InChI is InChI=1S/C20H19N3O3/c1-2-13(11-21-9-1)12-24-15-5-3-14(4-6-15)19-22-20(26-23-19)17-10-16-7-8-18(17)25-16/h1-6,9,11,16-18H,7-8,10,12H2/t16-,17+,18-/m1/s1. The molecule has 2 aliphatic heterocycles. The predicted molar refractivity (Wildman–Crippen MR) is 93.6 cm³/mol. The van der Waals surface area contributed by atoms with Gasteiger partial charge in [-0.2, -0.15) is 4.98 Å². The van der Waals surface area contributed by atoms with Crippen LogP contribution in [0.5, 0.6) is 5.75 Å². The molecule has 0 spiro atoms. The van der Waals surface area contributed by atoms with Gasteiger partial charge in [-0.1, -0.05) is 11.2 Å². The summed E-state index contributed by atoms with van der Waals surface area (Å²) in [5, 5.41) is 4.15. The van der Waals surface area contributed by atoms with Gasteiger partial charge in [0.15, 0.2) is 0 Å². The minimum atomic E-state index is 0.247. The van der Waals surface area contributed by atoms with Crippen molar-refractivity contribution in [2.24, 2.45) is 0 Å². The molecular weight excluding hydrogens is 330 g/mol. The smallest absolute Gasteiger partial charge is 0.232 e. The number of fused-ring (bicyclic) bond motifs is 2. The molecule has 1 aromatic carbocycles. The highest BCUT2D eigenvalue weighted by atomic mass is 16.5. The van der Waals surface area contributed by atoms with Crippen molar-refractivity contribution < 1.29 is 14.0 Å². The first-order chi connectivity index (χ1) is 12.8. The molecule has 4 heterocycles. The first kappa shape index (κ1) is 15.5. The molecule has 2 bridgehead atoms. The molecule has 0 aliphatic carbocycles. The van der Waals surface area contributed by atoms with Crippen LogP contribution >= 0.6 is 0 Å². The number of benzene rings is 1. The summed E-state index contributed by atoms with van der Waals surface area (Å²) < 4.78 is 17.2. The minimum absolute atomic E-state index is 0.247. The molecule has 2 fully saturated rings. The van der Waals surface area contributed by atoms with Gasteiger partial charge in [0, 0.05) is 23.5 Å². The fourth-order valence-corrected chi connectivity index (χ4v) is 3.75. The summed E-state index contributed by atoms with van der Waals surface area (Å²) in [6.45, 7) is 0.490. The van der Waals surface area contributed by atoms with Gasteiger partial charge in [-0.3, -0.25) is 4.98 Å². The first-order valence-electron chi connectivity index (χ1n) is 8.96. The number of hydrogen-bond acceptors (Lipinski definition) is 6. The van der Waals surface area contributed by atoms with Crippen LogP contribution in [0.2, 0.25) is 0 Å². The maximum atomic E-state index is 5.88. The van der Waals surface area contributed by atoms with Gasteiger partial charge in [-0.05, 0) is 49.6 Å². The Bertz CT molecular complexity index is 879. The molecule has 3 atom stereocenters. The van der Waals surface area contributed by atoms with Gasteiger partial charge in [0.1, 0.15) is 12.4 Å². The minimum Gasteiger partial charge on any atom is -0.489 e. The molecule has 0 radical (unpaired) electrons. The van der Waals surface area contributed by atoms with Gasteiger partial charge < -0.3 is 14.0 Å². The first-order valence-corrected chi connectivity index (χ1v) is 8.96. The Kier molecular flexibility index (Phi) is 3.90. The van der Waals surface area contributed by atoms with Crippen molar-refractivity contribution in [1.82, 2.24) is 15.1 Å². The van der Waals surface area contributed by atoms with Gasteiger partial charge in [0.05, 0.1) is 18.1 Å². The molecule has 3 aromatic rings. The molecule has 0 N–H and O–H groups in total. The van der Waals surface area contributed by atoms with Gasteiger partial charge in [0.25, 0.3) is 0 Å². The van der Waals surface area contributed by atoms with Crippen LogP contribution in [0.3, 0.4) is 0 Å². The van der Waals surface area contributed by atoms with Gasteiger partial charge >= 0.3 is 0 Å². The zero-order chi connectivity index (χ0) is 17.3. The zero-order valence-corrected chi connectivity index (χ0v) is 14.2. The fraction of sp³-hybridized carbons (Fsp3) is 0.350. The van der Waals surface area contributed by atoms with E-state index in [0.29, 0.717) is 24.4 Å². The molecule has 6 nitrogen and oxygen atoms in total. The Hall–Kier alpha value is -2.73. The lowest BCUT2D eigenvalue weighted by Crippen LogP contribution is -2.14. The van der Waals surface area contributed by atoms with E-state index in [1.165, 1.54) is 0 Å². The largest absolute Gasteiger partial charge is 0.489 e. The Morgan fingerprint density at radius 2 is 2.04 bits per heavy atom. The van der Waals surface area contributed by atoms with Crippen LogP contribution in [0.25, 0.3) is 11.4 Å². The second-order valence-electron chi connectivity index (χ2n) is 6.85. The van der Waals surface area contributed by atoms with E-state index in [9.17, 15) is 0 Å². The Morgan fingerprint density at radius 1 is 1.12 bits per heavy atom. The molecule has 2 aliphatic rings. The molecule has 2 aromatic heterocycles. The zero-order valence-electron chi connectivity index (χ0n) is 14.2. The summed E-state index contributed by atoms with van der Waals surface area (Å²) in [5.41, 5.74) is 1.95. The van der Waals surface area contributed by atoms with Crippen molar-refractivity contribution in [3.05, 3.63) is 60.2 Å². The van der Waals surface area contributed by atoms with Crippen LogP contribution in [0, 0.1) is 0 Å². The molecule has 0 saturated carbocycles. The quantitative estimate of drug-likeness (QED) is 0.699. The van der Waals surface area contributed by atoms with Crippen LogP contribution in [0.4, 0.5) is 0 Å². The molecule has 0 amide bonds. The number of pyridine rings is 1. The highest BCUT2D eigenvalue weighted by molar-refractivity contribution is 5.55. The third kappa shape index (κ3) is 2.97. The summed E-state index contributed by atoms with van der Waals surface area (Å²) in [7, 11) is 0. The lowest BCUT2D eigenvalue weighted by Gasteiger charge is -2.13. The van der Waals surface area contributed by atoms with Crippen molar-refractivity contribution in [3.8, 4) is 17.1 Å². The third-order valence-corrected chi connectivity index (χ3v) is 5.11. The van der Waals surface area contributed by atoms with E-state index in [0.717, 1.165) is 36.1 Å². The van der Waals surface area contributed by atoms with Gasteiger partial charge in [0.2, 0.25) is 11.7 Å². The van der Waals surface area contributed by atoms with E-state index in [1.807, 2.05) is 36.4 Å². The van der Waals surface area contributed by atoms with Gasteiger partial charge in [-0.25, -0.2) is 0 Å². The van der Waals surface area contributed by atoms with Crippen LogP contribution in [0.1, 0.15) is 36.6 Å². The SMILES string of the molecule is c1cncc(COc2ccc(-c3noc([C@H]4C[C@H]5CC[C@H]4O5)n3)cc2)c1. The van der Waals surface area contributed by atoms with Crippen molar-refractivity contribution in [3.63, 3.8) is 0 Å². The van der Waals surface area contributed by atoms with Crippen molar-refractivity contribution in [2.45, 2.75) is 44.0 Å². The van der Waals surface area contributed by atoms with Crippen molar-refractivity contribution >= 4 is 0 Å². The number of ether oxygens (including phenoxy) is 2. The summed E-state index contributed by atoms with van der Waals surface area (Å²) >= 11 is 0. The average molecular weight is 349 g/mol. The molecule has 132 valence electrons. The molecule has 5 rings (SSSR count). The number of rotatable bonds is 5. The number of nitrogens with zero attached hydrogens (tertiary/aromatic N) is 3. The average Bonchev–Trinajstić information content (AvgIpc) is 3.44. The highest BCUT2D eigenvalue weighted by Crippen LogP contribution is 2.44. The Labute approximate surface area is 151 Å². The third-order valence-electron chi connectivity index (χ3n) is 5.11. The van der Waals surface area contributed by atoms with Crippen LogP contribution in [0.15, 0.2) is 53.3 Å². The van der Waals surface area contributed by atoms with Crippen LogP contribution < -0.4 is 4.74 Å². The predicted octanol–water partition coefficient (Wildman–Crippen LogP) is 3.75. The topological polar surface area (TPSA) is 70.3 Å². The van der Waals surface area contributed by atoms with E-state index >= 15 is 0 Å². The molecule has 2 saturated heterocycles. The highest BCUT2D eigenvalue weighted by Gasteiger charge is 2.44. The van der Waals surface area contributed by atoms with Crippen molar-refractivity contribution in [2.75, 3.05) is 0 Å². The van der Waals surface area contributed by atoms with Gasteiger partial charge in [-0.15, -0.1) is 0 Å². The molecule has 26 heavy (non-hydrogen) atoms. The van der Waals surface area contributed by atoms with E-state index in [2.05, 4.69) is 15.1 Å². The maximum Gasteiger partial charge on any atom is 0.232 e. The molecular formula is C20H19N3O3. The monoisotopic (exact) mass is 349 g/mol. The van der Waals surface area contributed by atoms with E-state index < -0.39 is 0 Å². The summed E-state index contributed by atoms with van der Waals surface area (Å²) in [6.07, 6.45) is 7.41. The van der Waals surface area contributed by atoms with E-state index in [1.54, 1.807) is 12.4 Å². The molecule has 6 heteroatoms. The van der Waals surface area contributed by atoms with Crippen LogP contribution in [-0.2, 0) is 11.3 Å². The van der Waals surface area contributed by atoms with Crippen LogP contribution in [-0.4, -0.2) is 27.3 Å². The second-order valence-corrected chi connectivity index (χ2v) is 6.85.